The van der Waals surface area contributed by atoms with Crippen molar-refractivity contribution in [2.45, 2.75) is 65.8 Å². The van der Waals surface area contributed by atoms with Crippen molar-refractivity contribution in [1.82, 2.24) is 5.32 Å². The summed E-state index contributed by atoms with van der Waals surface area (Å²) in [5, 5.41) is 3.22. The van der Waals surface area contributed by atoms with Crippen molar-refractivity contribution in [3.05, 3.63) is 34.9 Å². The molecule has 0 aromatic heterocycles. The Kier molecular flexibility index (Phi) is 5.59. The highest BCUT2D eigenvalue weighted by Gasteiger charge is 2.24. The van der Waals surface area contributed by atoms with Gasteiger partial charge in [0, 0.05) is 11.1 Å². The number of carbonyl (C=O) groups excluding carboxylic acids is 1. The lowest BCUT2D eigenvalue weighted by Crippen LogP contribution is -2.45. The number of rotatable bonds is 6. The minimum atomic E-state index is -0.0840. The summed E-state index contributed by atoms with van der Waals surface area (Å²) in [6, 6.07) is 5.90. The van der Waals surface area contributed by atoms with Gasteiger partial charge in [-0.05, 0) is 56.9 Å². The van der Waals surface area contributed by atoms with Crippen LogP contribution in [0.15, 0.2) is 18.2 Å². The van der Waals surface area contributed by atoms with Crippen LogP contribution in [-0.4, -0.2) is 11.4 Å². The van der Waals surface area contributed by atoms with Gasteiger partial charge in [-0.15, -0.1) is 0 Å². The van der Waals surface area contributed by atoms with E-state index >= 15 is 0 Å². The Balaban J connectivity index is 2.84. The van der Waals surface area contributed by atoms with Crippen molar-refractivity contribution in [2.24, 2.45) is 0 Å². The van der Waals surface area contributed by atoms with Gasteiger partial charge >= 0.3 is 0 Å². The summed E-state index contributed by atoms with van der Waals surface area (Å²) < 4.78 is 0. The maximum Gasteiger partial charge on any atom is 0.251 e. The van der Waals surface area contributed by atoms with Crippen molar-refractivity contribution >= 4 is 5.91 Å². The third-order valence-corrected chi connectivity index (χ3v) is 3.79. The van der Waals surface area contributed by atoms with Gasteiger partial charge in [-0.3, -0.25) is 4.79 Å². The molecule has 0 bridgehead atoms. The van der Waals surface area contributed by atoms with E-state index in [1.54, 1.807) is 0 Å². The van der Waals surface area contributed by atoms with Crippen LogP contribution in [0.25, 0.3) is 0 Å². The largest absolute Gasteiger partial charge is 0.347 e. The highest BCUT2D eigenvalue weighted by Crippen LogP contribution is 2.20. The zero-order valence-corrected chi connectivity index (χ0v) is 13.0. The van der Waals surface area contributed by atoms with Crippen LogP contribution in [0, 0.1) is 13.8 Å². The third-order valence-electron chi connectivity index (χ3n) is 3.79. The SMILES string of the molecule is CCCC(C)(CCC)NC(=O)c1ccc(C)c(C)c1. The van der Waals surface area contributed by atoms with Gasteiger partial charge in [0.05, 0.1) is 0 Å². The summed E-state index contributed by atoms with van der Waals surface area (Å²) >= 11 is 0. The predicted molar refractivity (Wildman–Crippen MR) is 81.6 cm³/mol. The number of amides is 1. The van der Waals surface area contributed by atoms with Gasteiger partial charge in [0.1, 0.15) is 0 Å². The molecule has 0 fully saturated rings. The number of benzene rings is 1. The standard InChI is InChI=1S/C17H27NO/c1-6-10-17(5,11-7-2)18-16(19)15-9-8-13(3)14(4)12-15/h8-9,12H,6-7,10-11H2,1-5H3,(H,18,19). The van der Waals surface area contributed by atoms with Gasteiger partial charge in [-0.1, -0.05) is 32.8 Å². The molecule has 0 saturated carbocycles. The molecule has 106 valence electrons. The van der Waals surface area contributed by atoms with Crippen LogP contribution < -0.4 is 5.32 Å². The maximum atomic E-state index is 12.4. The summed E-state index contributed by atoms with van der Waals surface area (Å²) in [7, 11) is 0. The molecule has 0 aliphatic carbocycles. The molecule has 2 nitrogen and oxygen atoms in total. The molecule has 0 saturated heterocycles. The fraction of sp³-hybridized carbons (Fsp3) is 0.588. The Morgan fingerprint density at radius 2 is 1.68 bits per heavy atom. The Labute approximate surface area is 117 Å². The van der Waals surface area contributed by atoms with Crippen LogP contribution in [0.5, 0.6) is 0 Å². The lowest BCUT2D eigenvalue weighted by molar-refractivity contribution is 0.0895. The molecule has 2 heteroatoms. The Morgan fingerprint density at radius 1 is 1.11 bits per heavy atom. The first-order valence-electron chi connectivity index (χ1n) is 7.31. The molecule has 0 unspecified atom stereocenters. The first-order valence-corrected chi connectivity index (χ1v) is 7.31. The number of hydrogen-bond donors (Lipinski definition) is 1. The number of hydrogen-bond acceptors (Lipinski definition) is 1. The molecule has 1 rings (SSSR count). The van der Waals surface area contributed by atoms with E-state index in [-0.39, 0.29) is 11.4 Å². The quantitative estimate of drug-likeness (QED) is 0.808. The lowest BCUT2D eigenvalue weighted by atomic mass is 9.90. The van der Waals surface area contributed by atoms with Gasteiger partial charge in [-0.25, -0.2) is 0 Å². The minimum Gasteiger partial charge on any atom is -0.347 e. The molecule has 1 aromatic carbocycles. The second kappa shape index (κ2) is 6.74. The Hall–Kier alpha value is -1.31. The molecule has 0 atom stereocenters. The van der Waals surface area contributed by atoms with E-state index < -0.39 is 0 Å². The number of nitrogens with one attached hydrogen (secondary N) is 1. The van der Waals surface area contributed by atoms with Crippen molar-refractivity contribution in [2.75, 3.05) is 0 Å². The second-order valence-corrected chi connectivity index (χ2v) is 5.81. The van der Waals surface area contributed by atoms with Gasteiger partial charge in [0.2, 0.25) is 0 Å². The average Bonchev–Trinajstić information content (AvgIpc) is 2.32. The molecule has 1 aromatic rings. The second-order valence-electron chi connectivity index (χ2n) is 5.81. The van der Waals surface area contributed by atoms with Gasteiger partial charge in [0.25, 0.3) is 5.91 Å². The summed E-state index contributed by atoms with van der Waals surface area (Å²) in [5.41, 5.74) is 3.07. The topological polar surface area (TPSA) is 29.1 Å². The van der Waals surface area contributed by atoms with Crippen LogP contribution >= 0.6 is 0 Å². The van der Waals surface area contributed by atoms with E-state index in [2.05, 4.69) is 33.0 Å². The van der Waals surface area contributed by atoms with Crippen molar-refractivity contribution in [1.29, 1.82) is 0 Å². The molecular formula is C17H27NO. The number of carbonyl (C=O) groups is 1. The highest BCUT2D eigenvalue weighted by molar-refractivity contribution is 5.94. The maximum absolute atomic E-state index is 12.4. The smallest absolute Gasteiger partial charge is 0.251 e. The molecule has 1 N–H and O–H groups in total. The van der Waals surface area contributed by atoms with Crippen molar-refractivity contribution in [3.8, 4) is 0 Å². The number of aryl methyl sites for hydroxylation is 2. The van der Waals surface area contributed by atoms with Crippen molar-refractivity contribution < 1.29 is 4.79 Å². The highest BCUT2D eigenvalue weighted by atomic mass is 16.1. The van der Waals surface area contributed by atoms with E-state index in [9.17, 15) is 4.79 Å². The van der Waals surface area contributed by atoms with Crippen LogP contribution in [0.1, 0.15) is 67.9 Å². The Bertz CT molecular complexity index is 431. The van der Waals surface area contributed by atoms with Crippen LogP contribution in [0.4, 0.5) is 0 Å². The Morgan fingerprint density at radius 3 is 2.16 bits per heavy atom. The molecule has 0 heterocycles. The average molecular weight is 261 g/mol. The summed E-state index contributed by atoms with van der Waals surface area (Å²) in [6.07, 6.45) is 4.22. The van der Waals surface area contributed by atoms with Gasteiger partial charge < -0.3 is 5.32 Å². The van der Waals surface area contributed by atoms with E-state index in [0.29, 0.717) is 0 Å². The van der Waals surface area contributed by atoms with Crippen molar-refractivity contribution in [3.63, 3.8) is 0 Å². The minimum absolute atomic E-state index is 0.0486. The fourth-order valence-electron chi connectivity index (χ4n) is 2.58. The molecule has 0 spiro atoms. The third kappa shape index (κ3) is 4.38. The predicted octanol–water partition coefficient (Wildman–Crippen LogP) is 4.39. The molecule has 1 amide bonds. The zero-order chi connectivity index (χ0) is 14.5. The normalized spacial score (nSPS) is 11.4. The summed E-state index contributed by atoms with van der Waals surface area (Å²) in [5.74, 6) is 0.0486. The van der Waals surface area contributed by atoms with Crippen LogP contribution in [0.3, 0.4) is 0 Å². The fourth-order valence-corrected chi connectivity index (χ4v) is 2.58. The van der Waals surface area contributed by atoms with Crippen LogP contribution in [-0.2, 0) is 0 Å². The monoisotopic (exact) mass is 261 g/mol. The summed E-state index contributed by atoms with van der Waals surface area (Å²) in [6.45, 7) is 10.6. The molecule has 0 aliphatic heterocycles. The van der Waals surface area contributed by atoms with E-state index in [4.69, 9.17) is 0 Å². The van der Waals surface area contributed by atoms with Crippen LogP contribution in [0.2, 0.25) is 0 Å². The van der Waals surface area contributed by atoms with E-state index in [1.165, 1.54) is 11.1 Å². The van der Waals surface area contributed by atoms with Gasteiger partial charge in [0.15, 0.2) is 0 Å². The molecule has 0 aliphatic rings. The lowest BCUT2D eigenvalue weighted by Gasteiger charge is -2.30. The first-order chi connectivity index (χ1) is 8.91. The van der Waals surface area contributed by atoms with E-state index in [0.717, 1.165) is 31.2 Å². The molecule has 19 heavy (non-hydrogen) atoms. The summed E-state index contributed by atoms with van der Waals surface area (Å²) in [4.78, 5) is 12.4. The van der Waals surface area contributed by atoms with Gasteiger partial charge in [-0.2, -0.15) is 0 Å². The first kappa shape index (κ1) is 15.7. The molecular weight excluding hydrogens is 234 g/mol. The molecule has 0 radical (unpaired) electrons. The zero-order valence-electron chi connectivity index (χ0n) is 13.0. The van der Waals surface area contributed by atoms with E-state index in [1.807, 2.05) is 25.1 Å².